The predicted molar refractivity (Wildman–Crippen MR) is 75.0 cm³/mol. The largest absolute Gasteiger partial charge is 0.334 e. The molecule has 0 aliphatic carbocycles. The molecule has 0 spiro atoms. The van der Waals surface area contributed by atoms with Crippen LogP contribution in [0.1, 0.15) is 17.0 Å². The molecule has 2 aromatic rings. The molecule has 19 heavy (non-hydrogen) atoms. The number of nitrogens with zero attached hydrogens (tertiary/aromatic N) is 2. The van der Waals surface area contributed by atoms with Crippen molar-refractivity contribution in [2.75, 3.05) is 5.32 Å². The molecule has 0 unspecified atom stereocenters. The third-order valence-corrected chi connectivity index (χ3v) is 3.12. The summed E-state index contributed by atoms with van der Waals surface area (Å²) in [5.74, 6) is 0. The van der Waals surface area contributed by atoms with E-state index in [0.29, 0.717) is 6.54 Å². The summed E-state index contributed by atoms with van der Waals surface area (Å²) in [5, 5.41) is 9.94. The maximum atomic E-state index is 11.8. The molecular weight excluding hydrogens is 240 g/mol. The van der Waals surface area contributed by atoms with Crippen molar-refractivity contribution in [2.45, 2.75) is 20.4 Å². The SMILES string of the molecule is Cc1nn(C)c(C)c1CNC(=O)Nc1ccccc1. The quantitative estimate of drug-likeness (QED) is 0.888. The molecule has 5 nitrogen and oxygen atoms in total. The number of hydrogen-bond donors (Lipinski definition) is 2. The monoisotopic (exact) mass is 258 g/mol. The Hall–Kier alpha value is -2.30. The molecule has 0 radical (unpaired) electrons. The average molecular weight is 258 g/mol. The molecular formula is C14H18N4O. The number of amides is 2. The number of nitrogens with one attached hydrogen (secondary N) is 2. The van der Waals surface area contributed by atoms with Gasteiger partial charge in [-0.3, -0.25) is 4.68 Å². The number of hydrogen-bond acceptors (Lipinski definition) is 2. The first-order valence-corrected chi connectivity index (χ1v) is 6.17. The molecule has 2 N–H and O–H groups in total. The number of aromatic nitrogens is 2. The number of benzene rings is 1. The van der Waals surface area contributed by atoms with E-state index < -0.39 is 0 Å². The second-order valence-corrected chi connectivity index (χ2v) is 4.45. The highest BCUT2D eigenvalue weighted by molar-refractivity contribution is 5.89. The van der Waals surface area contributed by atoms with Gasteiger partial charge in [-0.1, -0.05) is 18.2 Å². The summed E-state index contributed by atoms with van der Waals surface area (Å²) in [4.78, 5) is 11.8. The van der Waals surface area contributed by atoms with Crippen molar-refractivity contribution in [3.8, 4) is 0 Å². The van der Waals surface area contributed by atoms with E-state index in [-0.39, 0.29) is 6.03 Å². The van der Waals surface area contributed by atoms with E-state index in [1.54, 1.807) is 0 Å². The van der Waals surface area contributed by atoms with Crippen LogP contribution in [0.15, 0.2) is 30.3 Å². The lowest BCUT2D eigenvalue weighted by atomic mass is 10.2. The van der Waals surface area contributed by atoms with Crippen molar-refractivity contribution in [3.05, 3.63) is 47.3 Å². The number of urea groups is 1. The summed E-state index contributed by atoms with van der Waals surface area (Å²) in [5.41, 5.74) is 3.85. The first-order chi connectivity index (χ1) is 9.08. The van der Waals surface area contributed by atoms with Gasteiger partial charge in [-0.2, -0.15) is 5.10 Å². The summed E-state index contributed by atoms with van der Waals surface area (Å²) in [7, 11) is 1.90. The maximum absolute atomic E-state index is 11.8. The molecule has 5 heteroatoms. The summed E-state index contributed by atoms with van der Waals surface area (Å²) in [6, 6.07) is 9.15. The lowest BCUT2D eigenvalue weighted by molar-refractivity contribution is 0.251. The normalized spacial score (nSPS) is 10.3. The van der Waals surface area contributed by atoms with Gasteiger partial charge in [0.25, 0.3) is 0 Å². The van der Waals surface area contributed by atoms with Crippen molar-refractivity contribution in [2.24, 2.45) is 7.05 Å². The molecule has 0 atom stereocenters. The Balaban J connectivity index is 1.94. The fourth-order valence-corrected chi connectivity index (χ4v) is 1.94. The zero-order valence-electron chi connectivity index (χ0n) is 11.4. The van der Waals surface area contributed by atoms with Gasteiger partial charge >= 0.3 is 6.03 Å². The van der Waals surface area contributed by atoms with Gasteiger partial charge in [-0.05, 0) is 26.0 Å². The van der Waals surface area contributed by atoms with Crippen molar-refractivity contribution < 1.29 is 4.79 Å². The van der Waals surface area contributed by atoms with Gasteiger partial charge in [0.2, 0.25) is 0 Å². The maximum Gasteiger partial charge on any atom is 0.319 e. The van der Waals surface area contributed by atoms with Crippen molar-refractivity contribution in [1.29, 1.82) is 0 Å². The van der Waals surface area contributed by atoms with Crippen molar-refractivity contribution in [1.82, 2.24) is 15.1 Å². The fraction of sp³-hybridized carbons (Fsp3) is 0.286. The van der Waals surface area contributed by atoms with Gasteiger partial charge in [0, 0.05) is 30.5 Å². The van der Waals surface area contributed by atoms with Crippen molar-refractivity contribution >= 4 is 11.7 Å². The average Bonchev–Trinajstić information content (AvgIpc) is 2.62. The first-order valence-electron chi connectivity index (χ1n) is 6.17. The van der Waals surface area contributed by atoms with E-state index in [9.17, 15) is 4.79 Å². The Morgan fingerprint density at radius 3 is 2.53 bits per heavy atom. The molecule has 0 saturated carbocycles. The molecule has 1 aromatic carbocycles. The van der Waals surface area contributed by atoms with E-state index in [2.05, 4.69) is 15.7 Å². The van der Waals surface area contributed by atoms with Crippen molar-refractivity contribution in [3.63, 3.8) is 0 Å². The molecule has 0 fully saturated rings. The second-order valence-electron chi connectivity index (χ2n) is 4.45. The Kier molecular flexibility index (Phi) is 3.85. The molecule has 1 aromatic heterocycles. The third-order valence-electron chi connectivity index (χ3n) is 3.12. The van der Waals surface area contributed by atoms with E-state index >= 15 is 0 Å². The molecule has 2 amide bonds. The zero-order valence-corrected chi connectivity index (χ0v) is 11.4. The summed E-state index contributed by atoms with van der Waals surface area (Å²) in [6.45, 7) is 4.41. The van der Waals surface area contributed by atoms with Crippen LogP contribution in [0.4, 0.5) is 10.5 Å². The Morgan fingerprint density at radius 2 is 1.95 bits per heavy atom. The minimum absolute atomic E-state index is 0.214. The van der Waals surface area contributed by atoms with Crippen LogP contribution in [-0.2, 0) is 13.6 Å². The minimum atomic E-state index is -0.214. The lowest BCUT2D eigenvalue weighted by Crippen LogP contribution is -2.28. The highest BCUT2D eigenvalue weighted by atomic mass is 16.2. The lowest BCUT2D eigenvalue weighted by Gasteiger charge is -2.07. The van der Waals surface area contributed by atoms with Gasteiger partial charge in [-0.25, -0.2) is 4.79 Å². The summed E-state index contributed by atoms with van der Waals surface area (Å²) in [6.07, 6.45) is 0. The highest BCUT2D eigenvalue weighted by Crippen LogP contribution is 2.11. The number of rotatable bonds is 3. The smallest absolute Gasteiger partial charge is 0.319 e. The Morgan fingerprint density at radius 1 is 1.26 bits per heavy atom. The van der Waals surface area contributed by atoms with Crippen LogP contribution in [0.3, 0.4) is 0 Å². The topological polar surface area (TPSA) is 59.0 Å². The number of carbonyl (C=O) groups is 1. The van der Waals surface area contributed by atoms with E-state index in [1.165, 1.54) is 0 Å². The zero-order chi connectivity index (χ0) is 13.8. The van der Waals surface area contributed by atoms with Gasteiger partial charge in [-0.15, -0.1) is 0 Å². The van der Waals surface area contributed by atoms with Gasteiger partial charge in [0.05, 0.1) is 5.69 Å². The molecule has 0 aliphatic rings. The minimum Gasteiger partial charge on any atom is -0.334 e. The third kappa shape index (κ3) is 3.13. The first kappa shape index (κ1) is 13.1. The second kappa shape index (κ2) is 5.56. The van der Waals surface area contributed by atoms with Gasteiger partial charge < -0.3 is 10.6 Å². The summed E-state index contributed by atoms with van der Waals surface area (Å²) < 4.78 is 1.82. The number of carbonyl (C=O) groups excluding carboxylic acids is 1. The van der Waals surface area contributed by atoms with Gasteiger partial charge in [0.15, 0.2) is 0 Å². The Bertz CT molecular complexity index is 575. The van der Waals surface area contributed by atoms with Crippen LogP contribution in [0.5, 0.6) is 0 Å². The molecule has 100 valence electrons. The number of para-hydroxylation sites is 1. The fourth-order valence-electron chi connectivity index (χ4n) is 1.94. The highest BCUT2D eigenvalue weighted by Gasteiger charge is 2.10. The molecule has 0 bridgehead atoms. The Labute approximate surface area is 112 Å². The van der Waals surface area contributed by atoms with E-state index in [0.717, 1.165) is 22.6 Å². The molecule has 0 aliphatic heterocycles. The number of aryl methyl sites for hydroxylation is 2. The summed E-state index contributed by atoms with van der Waals surface area (Å²) >= 11 is 0. The van der Waals surface area contributed by atoms with Crippen LogP contribution >= 0.6 is 0 Å². The van der Waals surface area contributed by atoms with Crippen LogP contribution < -0.4 is 10.6 Å². The van der Waals surface area contributed by atoms with Crippen LogP contribution in [-0.4, -0.2) is 15.8 Å². The van der Waals surface area contributed by atoms with E-state index in [4.69, 9.17) is 0 Å². The molecule has 2 rings (SSSR count). The number of anilines is 1. The van der Waals surface area contributed by atoms with Crippen LogP contribution in [0.25, 0.3) is 0 Å². The molecule has 1 heterocycles. The van der Waals surface area contributed by atoms with Crippen LogP contribution in [0.2, 0.25) is 0 Å². The molecule has 0 saturated heterocycles. The van der Waals surface area contributed by atoms with Crippen LogP contribution in [0, 0.1) is 13.8 Å². The van der Waals surface area contributed by atoms with E-state index in [1.807, 2.05) is 55.9 Å². The van der Waals surface area contributed by atoms with Gasteiger partial charge in [0.1, 0.15) is 0 Å². The predicted octanol–water partition coefficient (Wildman–Crippen LogP) is 2.36. The standard InChI is InChI=1S/C14H18N4O/c1-10-13(11(2)18(3)17-10)9-15-14(19)16-12-7-5-4-6-8-12/h4-8H,9H2,1-3H3,(H2,15,16,19).